The Kier molecular flexibility index (Phi) is 4.66. The van der Waals surface area contributed by atoms with E-state index in [4.69, 9.17) is 0 Å². The van der Waals surface area contributed by atoms with Crippen LogP contribution in [-0.2, 0) is 9.59 Å². The number of carbonyl (C=O) groups excluding carboxylic acids is 2. The number of aryl methyl sites for hydroxylation is 1. The van der Waals surface area contributed by atoms with Gasteiger partial charge >= 0.3 is 0 Å². The second-order valence-corrected chi connectivity index (χ2v) is 6.10. The molecule has 1 aromatic rings. The van der Waals surface area contributed by atoms with Crippen LogP contribution in [0.2, 0.25) is 0 Å². The summed E-state index contributed by atoms with van der Waals surface area (Å²) in [7, 11) is 0. The van der Waals surface area contributed by atoms with Crippen LogP contribution in [0.25, 0.3) is 0 Å². The number of nitrogens with zero attached hydrogens (tertiary/aromatic N) is 1. The summed E-state index contributed by atoms with van der Waals surface area (Å²) >= 11 is 0. The molecule has 114 valence electrons. The van der Waals surface area contributed by atoms with Crippen molar-refractivity contribution in [3.05, 3.63) is 35.4 Å². The molecule has 4 nitrogen and oxygen atoms in total. The normalized spacial score (nSPS) is 21.2. The van der Waals surface area contributed by atoms with Gasteiger partial charge in [0.2, 0.25) is 11.8 Å². The van der Waals surface area contributed by atoms with E-state index < -0.39 is 6.04 Å². The van der Waals surface area contributed by atoms with Gasteiger partial charge in [0.15, 0.2) is 0 Å². The third-order valence-electron chi connectivity index (χ3n) is 4.22. The Hall–Kier alpha value is -1.84. The van der Waals surface area contributed by atoms with Gasteiger partial charge in [0, 0.05) is 13.0 Å². The summed E-state index contributed by atoms with van der Waals surface area (Å²) in [6.45, 7) is 8.49. The number of hydrogen-bond donors (Lipinski definition) is 1. The van der Waals surface area contributed by atoms with E-state index in [0.717, 1.165) is 5.56 Å². The molecule has 1 heterocycles. The molecule has 1 fully saturated rings. The van der Waals surface area contributed by atoms with E-state index in [1.807, 2.05) is 37.8 Å². The van der Waals surface area contributed by atoms with Crippen molar-refractivity contribution in [2.75, 3.05) is 6.54 Å². The largest absolute Gasteiger partial charge is 0.344 e. The number of carbonyl (C=O) groups is 2. The fourth-order valence-electron chi connectivity index (χ4n) is 2.88. The van der Waals surface area contributed by atoms with E-state index in [0.29, 0.717) is 13.0 Å². The molecule has 1 N–H and O–H groups in total. The second kappa shape index (κ2) is 6.29. The quantitative estimate of drug-likeness (QED) is 0.928. The molecular formula is C17H24N2O2. The van der Waals surface area contributed by atoms with Gasteiger partial charge < -0.3 is 10.2 Å². The summed E-state index contributed by atoms with van der Waals surface area (Å²) in [4.78, 5) is 26.4. The Morgan fingerprint density at radius 3 is 2.48 bits per heavy atom. The van der Waals surface area contributed by atoms with Crippen molar-refractivity contribution < 1.29 is 9.59 Å². The fraction of sp³-hybridized carbons (Fsp3) is 0.529. The standard InChI is InChI=1S/C17H24N2O2/c1-11(2)16-17(21)19(10-9-15(20)18-16)13(4)14-8-6-5-7-12(14)3/h5-8,11,13,16H,9-10H2,1-4H3,(H,18,20). The molecule has 1 aliphatic heterocycles. The number of nitrogens with one attached hydrogen (secondary N) is 1. The average molecular weight is 288 g/mol. The van der Waals surface area contributed by atoms with Gasteiger partial charge in [0.25, 0.3) is 0 Å². The zero-order valence-corrected chi connectivity index (χ0v) is 13.2. The highest BCUT2D eigenvalue weighted by Gasteiger charge is 2.34. The molecule has 2 rings (SSSR count). The highest BCUT2D eigenvalue weighted by Crippen LogP contribution is 2.26. The van der Waals surface area contributed by atoms with Gasteiger partial charge in [-0.1, -0.05) is 38.1 Å². The summed E-state index contributed by atoms with van der Waals surface area (Å²) in [5, 5.41) is 2.85. The maximum Gasteiger partial charge on any atom is 0.245 e. The minimum absolute atomic E-state index is 0.0200. The van der Waals surface area contributed by atoms with Crippen molar-refractivity contribution in [2.45, 2.75) is 46.2 Å². The lowest BCUT2D eigenvalue weighted by Gasteiger charge is -2.32. The molecule has 2 amide bonds. The van der Waals surface area contributed by atoms with Crippen LogP contribution in [-0.4, -0.2) is 29.3 Å². The highest BCUT2D eigenvalue weighted by atomic mass is 16.2. The van der Waals surface area contributed by atoms with Gasteiger partial charge in [-0.25, -0.2) is 0 Å². The first-order chi connectivity index (χ1) is 9.91. The molecule has 0 saturated carbocycles. The van der Waals surface area contributed by atoms with Crippen LogP contribution in [0.15, 0.2) is 24.3 Å². The van der Waals surface area contributed by atoms with Crippen molar-refractivity contribution in [1.29, 1.82) is 0 Å². The summed E-state index contributed by atoms with van der Waals surface area (Å²) in [6.07, 6.45) is 0.366. The number of rotatable bonds is 3. The minimum atomic E-state index is -0.425. The first kappa shape index (κ1) is 15.5. The van der Waals surface area contributed by atoms with Crippen molar-refractivity contribution >= 4 is 11.8 Å². The van der Waals surface area contributed by atoms with Crippen LogP contribution < -0.4 is 5.32 Å². The third-order valence-corrected chi connectivity index (χ3v) is 4.22. The minimum Gasteiger partial charge on any atom is -0.344 e. The highest BCUT2D eigenvalue weighted by molar-refractivity contribution is 5.90. The Morgan fingerprint density at radius 1 is 1.19 bits per heavy atom. The fourth-order valence-corrected chi connectivity index (χ4v) is 2.88. The SMILES string of the molecule is Cc1ccccc1C(C)N1CCC(=O)NC(C(C)C)C1=O. The van der Waals surface area contributed by atoms with E-state index in [-0.39, 0.29) is 23.8 Å². The van der Waals surface area contributed by atoms with Crippen LogP contribution in [0.3, 0.4) is 0 Å². The van der Waals surface area contributed by atoms with Gasteiger partial charge in [-0.15, -0.1) is 0 Å². The second-order valence-electron chi connectivity index (χ2n) is 6.10. The lowest BCUT2D eigenvalue weighted by molar-refractivity contribution is -0.136. The molecular weight excluding hydrogens is 264 g/mol. The number of hydrogen-bond acceptors (Lipinski definition) is 2. The number of amides is 2. The molecule has 0 bridgehead atoms. The summed E-state index contributed by atoms with van der Waals surface area (Å²) < 4.78 is 0. The van der Waals surface area contributed by atoms with Crippen molar-refractivity contribution in [1.82, 2.24) is 10.2 Å². The monoisotopic (exact) mass is 288 g/mol. The predicted octanol–water partition coefficient (Wildman–Crippen LogP) is 2.43. The third kappa shape index (κ3) is 3.26. The van der Waals surface area contributed by atoms with E-state index in [9.17, 15) is 9.59 Å². The maximum atomic E-state index is 12.8. The first-order valence-corrected chi connectivity index (χ1v) is 7.57. The van der Waals surface area contributed by atoms with Crippen LogP contribution in [0.5, 0.6) is 0 Å². The topological polar surface area (TPSA) is 49.4 Å². The van der Waals surface area contributed by atoms with Crippen molar-refractivity contribution in [2.24, 2.45) is 5.92 Å². The summed E-state index contributed by atoms with van der Waals surface area (Å²) in [5.74, 6) is 0.0688. The molecule has 21 heavy (non-hydrogen) atoms. The molecule has 4 heteroatoms. The Bertz CT molecular complexity index is 539. The lowest BCUT2D eigenvalue weighted by Crippen LogP contribution is -2.48. The lowest BCUT2D eigenvalue weighted by atomic mass is 9.98. The van der Waals surface area contributed by atoms with E-state index >= 15 is 0 Å². The number of benzene rings is 1. The molecule has 1 saturated heterocycles. The molecule has 2 atom stereocenters. The van der Waals surface area contributed by atoms with Crippen LogP contribution in [0.1, 0.15) is 44.4 Å². The Labute approximate surface area is 126 Å². The molecule has 0 radical (unpaired) electrons. The van der Waals surface area contributed by atoms with E-state index in [2.05, 4.69) is 24.4 Å². The first-order valence-electron chi connectivity index (χ1n) is 7.57. The molecule has 0 spiro atoms. The molecule has 0 aliphatic carbocycles. The summed E-state index contributed by atoms with van der Waals surface area (Å²) in [5.41, 5.74) is 2.31. The molecule has 1 aromatic carbocycles. The van der Waals surface area contributed by atoms with Gasteiger partial charge in [-0.05, 0) is 30.9 Å². The zero-order valence-electron chi connectivity index (χ0n) is 13.2. The van der Waals surface area contributed by atoms with Gasteiger partial charge in [0.1, 0.15) is 6.04 Å². The Morgan fingerprint density at radius 2 is 1.86 bits per heavy atom. The van der Waals surface area contributed by atoms with Crippen molar-refractivity contribution in [3.8, 4) is 0 Å². The summed E-state index contributed by atoms with van der Waals surface area (Å²) in [6, 6.07) is 7.65. The molecule has 2 unspecified atom stereocenters. The maximum absolute atomic E-state index is 12.8. The smallest absolute Gasteiger partial charge is 0.245 e. The molecule has 1 aliphatic rings. The van der Waals surface area contributed by atoms with Crippen molar-refractivity contribution in [3.63, 3.8) is 0 Å². The predicted molar refractivity (Wildman–Crippen MR) is 82.7 cm³/mol. The van der Waals surface area contributed by atoms with Gasteiger partial charge in [-0.2, -0.15) is 0 Å². The zero-order chi connectivity index (χ0) is 15.6. The van der Waals surface area contributed by atoms with Crippen LogP contribution >= 0.6 is 0 Å². The van der Waals surface area contributed by atoms with Gasteiger partial charge in [-0.3, -0.25) is 9.59 Å². The van der Waals surface area contributed by atoms with E-state index in [1.165, 1.54) is 5.56 Å². The average Bonchev–Trinajstić information content (AvgIpc) is 2.58. The molecule has 0 aromatic heterocycles. The van der Waals surface area contributed by atoms with Crippen LogP contribution in [0, 0.1) is 12.8 Å². The Balaban J connectivity index is 2.30. The van der Waals surface area contributed by atoms with Gasteiger partial charge in [0.05, 0.1) is 6.04 Å². The van der Waals surface area contributed by atoms with Crippen LogP contribution in [0.4, 0.5) is 0 Å². The van der Waals surface area contributed by atoms with E-state index in [1.54, 1.807) is 0 Å².